The minimum absolute atomic E-state index is 0.655. The molecule has 0 unspecified atom stereocenters. The molecule has 4 nitrogen and oxygen atoms in total. The summed E-state index contributed by atoms with van der Waals surface area (Å²) in [5.74, 6) is 2.61. The van der Waals surface area contributed by atoms with Crippen molar-refractivity contribution in [2.75, 3.05) is 39.4 Å². The van der Waals surface area contributed by atoms with Crippen molar-refractivity contribution in [2.24, 2.45) is 5.92 Å². The van der Waals surface area contributed by atoms with Gasteiger partial charge in [0, 0.05) is 19.6 Å². The zero-order valence-electron chi connectivity index (χ0n) is 11.5. The molecule has 0 bridgehead atoms. The van der Waals surface area contributed by atoms with E-state index in [9.17, 15) is 0 Å². The molecule has 0 atom stereocenters. The van der Waals surface area contributed by atoms with Gasteiger partial charge >= 0.3 is 0 Å². The Bertz CT molecular complexity index is 444. The highest BCUT2D eigenvalue weighted by atomic mass is 16.6. The average Bonchev–Trinajstić information content (AvgIpc) is 2.36. The number of ether oxygens (including phenoxy) is 2. The highest BCUT2D eigenvalue weighted by molar-refractivity contribution is 5.47. The van der Waals surface area contributed by atoms with Crippen molar-refractivity contribution < 1.29 is 9.47 Å². The summed E-state index contributed by atoms with van der Waals surface area (Å²) in [6, 6.07) is 4.23. The minimum atomic E-state index is 0.655. The molecule has 0 aromatic heterocycles. The van der Waals surface area contributed by atoms with Crippen LogP contribution in [0.25, 0.3) is 0 Å². The predicted molar refractivity (Wildman–Crippen MR) is 75.1 cm³/mol. The summed E-state index contributed by atoms with van der Waals surface area (Å²) in [5, 5.41) is 6.82. The molecule has 0 saturated carbocycles. The zero-order valence-corrected chi connectivity index (χ0v) is 11.5. The largest absolute Gasteiger partial charge is 0.486 e. The van der Waals surface area contributed by atoms with Crippen molar-refractivity contribution in [3.05, 3.63) is 23.3 Å². The van der Waals surface area contributed by atoms with Gasteiger partial charge in [-0.15, -0.1) is 0 Å². The summed E-state index contributed by atoms with van der Waals surface area (Å²) in [6.07, 6.45) is 1.04. The Kier molecular flexibility index (Phi) is 3.89. The van der Waals surface area contributed by atoms with Crippen LogP contribution in [0.5, 0.6) is 11.5 Å². The van der Waals surface area contributed by atoms with E-state index in [0.29, 0.717) is 13.2 Å². The normalized spacial score (nSPS) is 18.2. The number of rotatable bonds is 5. The number of aryl methyl sites for hydroxylation is 1. The van der Waals surface area contributed by atoms with Crippen LogP contribution in [0.3, 0.4) is 0 Å². The second kappa shape index (κ2) is 5.80. The van der Waals surface area contributed by atoms with E-state index in [1.165, 1.54) is 11.1 Å². The SMILES string of the molecule is Cc1cc2c(cc1CCNCC1CNC1)OCCO2. The zero-order chi connectivity index (χ0) is 13.1. The van der Waals surface area contributed by atoms with E-state index in [0.717, 1.165) is 50.0 Å². The molecule has 1 saturated heterocycles. The van der Waals surface area contributed by atoms with Gasteiger partial charge in [0.1, 0.15) is 13.2 Å². The van der Waals surface area contributed by atoms with Crippen LogP contribution >= 0.6 is 0 Å². The van der Waals surface area contributed by atoms with E-state index < -0.39 is 0 Å². The van der Waals surface area contributed by atoms with Gasteiger partial charge in [-0.3, -0.25) is 0 Å². The van der Waals surface area contributed by atoms with Gasteiger partial charge in [0.05, 0.1) is 0 Å². The van der Waals surface area contributed by atoms with E-state index >= 15 is 0 Å². The van der Waals surface area contributed by atoms with Gasteiger partial charge in [0.25, 0.3) is 0 Å². The third-order valence-corrected chi connectivity index (χ3v) is 3.87. The van der Waals surface area contributed by atoms with Crippen LogP contribution in [-0.2, 0) is 6.42 Å². The second-order valence-electron chi connectivity index (χ2n) is 5.40. The molecule has 3 rings (SSSR count). The lowest BCUT2D eigenvalue weighted by molar-refractivity contribution is 0.171. The molecule has 104 valence electrons. The minimum Gasteiger partial charge on any atom is -0.486 e. The summed E-state index contributed by atoms with van der Waals surface area (Å²) in [5.41, 5.74) is 2.64. The van der Waals surface area contributed by atoms with Crippen molar-refractivity contribution in [3.63, 3.8) is 0 Å². The van der Waals surface area contributed by atoms with Gasteiger partial charge in [-0.25, -0.2) is 0 Å². The molecule has 4 heteroatoms. The monoisotopic (exact) mass is 262 g/mol. The highest BCUT2D eigenvalue weighted by Crippen LogP contribution is 2.33. The van der Waals surface area contributed by atoms with Crippen molar-refractivity contribution in [1.82, 2.24) is 10.6 Å². The van der Waals surface area contributed by atoms with Gasteiger partial charge in [-0.1, -0.05) is 0 Å². The van der Waals surface area contributed by atoms with E-state index in [1.54, 1.807) is 0 Å². The Hall–Kier alpha value is -1.26. The predicted octanol–water partition coefficient (Wildman–Crippen LogP) is 1.12. The third-order valence-electron chi connectivity index (χ3n) is 3.87. The fraction of sp³-hybridized carbons (Fsp3) is 0.600. The second-order valence-corrected chi connectivity index (χ2v) is 5.40. The molecule has 0 spiro atoms. The molecule has 2 N–H and O–H groups in total. The molecule has 0 radical (unpaired) electrons. The van der Waals surface area contributed by atoms with Crippen molar-refractivity contribution in [3.8, 4) is 11.5 Å². The molecule has 1 fully saturated rings. The molecule has 0 aliphatic carbocycles. The summed E-state index contributed by atoms with van der Waals surface area (Å²) < 4.78 is 11.2. The lowest BCUT2D eigenvalue weighted by Gasteiger charge is -2.27. The number of benzene rings is 1. The van der Waals surface area contributed by atoms with Gasteiger partial charge in [0.2, 0.25) is 0 Å². The summed E-state index contributed by atoms with van der Waals surface area (Å²) in [6.45, 7) is 7.92. The van der Waals surface area contributed by atoms with Crippen LogP contribution in [-0.4, -0.2) is 39.4 Å². The summed E-state index contributed by atoms with van der Waals surface area (Å²) >= 11 is 0. The quantitative estimate of drug-likeness (QED) is 0.780. The van der Waals surface area contributed by atoms with Gasteiger partial charge in [-0.05, 0) is 49.1 Å². The van der Waals surface area contributed by atoms with Gasteiger partial charge < -0.3 is 20.1 Å². The van der Waals surface area contributed by atoms with Crippen LogP contribution in [0.15, 0.2) is 12.1 Å². The van der Waals surface area contributed by atoms with Gasteiger partial charge in [-0.2, -0.15) is 0 Å². The third kappa shape index (κ3) is 3.01. The number of fused-ring (bicyclic) bond motifs is 1. The molecule has 2 aliphatic rings. The molecular weight excluding hydrogens is 240 g/mol. The van der Waals surface area contributed by atoms with Crippen LogP contribution in [0, 0.1) is 12.8 Å². The van der Waals surface area contributed by atoms with Crippen LogP contribution in [0.2, 0.25) is 0 Å². The molecule has 19 heavy (non-hydrogen) atoms. The smallest absolute Gasteiger partial charge is 0.161 e. The van der Waals surface area contributed by atoms with E-state index in [4.69, 9.17) is 9.47 Å². The maximum atomic E-state index is 5.64. The Labute approximate surface area is 114 Å². The first-order valence-corrected chi connectivity index (χ1v) is 7.13. The Balaban J connectivity index is 1.54. The summed E-state index contributed by atoms with van der Waals surface area (Å²) in [7, 11) is 0. The Morgan fingerprint density at radius 1 is 1.21 bits per heavy atom. The number of hydrogen-bond donors (Lipinski definition) is 2. The molecule has 2 heterocycles. The Morgan fingerprint density at radius 3 is 2.63 bits per heavy atom. The number of hydrogen-bond acceptors (Lipinski definition) is 4. The highest BCUT2D eigenvalue weighted by Gasteiger charge is 2.16. The molecule has 1 aromatic carbocycles. The molecule has 0 amide bonds. The fourth-order valence-electron chi connectivity index (χ4n) is 2.52. The maximum Gasteiger partial charge on any atom is 0.161 e. The van der Waals surface area contributed by atoms with Crippen molar-refractivity contribution >= 4 is 0 Å². The first kappa shape index (κ1) is 12.8. The van der Waals surface area contributed by atoms with E-state index in [2.05, 4.69) is 29.7 Å². The van der Waals surface area contributed by atoms with Crippen LogP contribution in [0.4, 0.5) is 0 Å². The summed E-state index contributed by atoms with van der Waals surface area (Å²) in [4.78, 5) is 0. The van der Waals surface area contributed by atoms with E-state index in [1.807, 2.05) is 0 Å². The Morgan fingerprint density at radius 2 is 1.95 bits per heavy atom. The molecule has 1 aromatic rings. The van der Waals surface area contributed by atoms with Gasteiger partial charge in [0.15, 0.2) is 11.5 Å². The van der Waals surface area contributed by atoms with Crippen molar-refractivity contribution in [2.45, 2.75) is 13.3 Å². The maximum absolute atomic E-state index is 5.64. The number of nitrogens with one attached hydrogen (secondary N) is 2. The van der Waals surface area contributed by atoms with E-state index in [-0.39, 0.29) is 0 Å². The topological polar surface area (TPSA) is 42.5 Å². The van der Waals surface area contributed by atoms with Crippen LogP contribution < -0.4 is 20.1 Å². The molecular formula is C15H22N2O2. The van der Waals surface area contributed by atoms with Crippen LogP contribution in [0.1, 0.15) is 11.1 Å². The lowest BCUT2D eigenvalue weighted by Crippen LogP contribution is -2.47. The fourth-order valence-corrected chi connectivity index (χ4v) is 2.52. The van der Waals surface area contributed by atoms with Crippen molar-refractivity contribution in [1.29, 1.82) is 0 Å². The standard InChI is InChI=1S/C15H22N2O2/c1-11-6-14-15(19-5-4-18-14)7-13(11)2-3-16-8-12-9-17-10-12/h6-7,12,16-17H,2-5,8-10H2,1H3. The first-order valence-electron chi connectivity index (χ1n) is 7.13. The first-order chi connectivity index (χ1) is 9.33. The average molecular weight is 262 g/mol. The molecule has 2 aliphatic heterocycles. The lowest BCUT2D eigenvalue weighted by atomic mass is 10.0.